The smallest absolute Gasteiger partial charge is 0.167 e. The van der Waals surface area contributed by atoms with Crippen molar-refractivity contribution in [2.45, 2.75) is 0 Å². The van der Waals surface area contributed by atoms with E-state index in [1.165, 1.54) is 18.3 Å². The maximum atomic E-state index is 10.2. The third-order valence-corrected chi connectivity index (χ3v) is 1.26. The van der Waals surface area contributed by atoms with Crippen molar-refractivity contribution in [2.24, 2.45) is 0 Å². The van der Waals surface area contributed by atoms with Crippen LogP contribution in [-0.4, -0.2) is 21.4 Å². The number of rotatable bonds is 3. The molecule has 1 aromatic heterocycles. The van der Waals surface area contributed by atoms with Crippen LogP contribution in [0, 0.1) is 5.41 Å². The van der Waals surface area contributed by atoms with Crippen molar-refractivity contribution in [1.82, 2.24) is 9.97 Å². The highest BCUT2D eigenvalue weighted by molar-refractivity contribution is 6.67. The van der Waals surface area contributed by atoms with Crippen molar-refractivity contribution in [3.63, 3.8) is 0 Å². The minimum Gasteiger partial charge on any atom is -0.336 e. The third kappa shape index (κ3) is 2.32. The molecule has 0 amide bonds. The van der Waals surface area contributed by atoms with Crippen LogP contribution < -0.4 is 0 Å². The molecule has 0 radical (unpaired) electrons. The first-order valence-electron chi connectivity index (χ1n) is 3.14. The molecule has 1 aromatic rings. The first kappa shape index (κ1) is 8.67. The Morgan fingerprint density at radius 2 is 2.50 bits per heavy atom. The summed E-state index contributed by atoms with van der Waals surface area (Å²) in [4.78, 5) is 16.7. The van der Waals surface area contributed by atoms with Crippen molar-refractivity contribution in [2.75, 3.05) is 0 Å². The normalized spacial score (nSPS) is 10.4. The zero-order chi connectivity index (χ0) is 8.97. The van der Waals surface area contributed by atoms with E-state index in [9.17, 15) is 4.79 Å². The first-order chi connectivity index (χ1) is 5.72. The highest BCUT2D eigenvalue weighted by atomic mass is 35.5. The molecule has 1 heterocycles. The number of aromatic nitrogens is 2. The van der Waals surface area contributed by atoms with Gasteiger partial charge in [0.1, 0.15) is 11.0 Å². The fourth-order valence-electron chi connectivity index (χ4n) is 0.648. The summed E-state index contributed by atoms with van der Waals surface area (Å²) in [5.74, 6) is 0.502. The summed E-state index contributed by atoms with van der Waals surface area (Å²) < 4.78 is 0. The SMILES string of the molecule is N=C(Cl)/C=C\c1ncc(C=O)[nH]1. The molecule has 0 saturated heterocycles. The zero-order valence-electron chi connectivity index (χ0n) is 6.04. The number of nitrogens with one attached hydrogen (secondary N) is 2. The molecule has 0 fully saturated rings. The molecule has 0 atom stereocenters. The van der Waals surface area contributed by atoms with Crippen molar-refractivity contribution in [3.05, 3.63) is 23.8 Å². The Morgan fingerprint density at radius 1 is 1.75 bits per heavy atom. The average Bonchev–Trinajstić information content (AvgIpc) is 2.48. The average molecular weight is 184 g/mol. The standard InChI is InChI=1S/C7H6ClN3O/c8-6(9)1-2-7-10-3-5(4-12)11-7/h1-4,9H,(H,10,11)/b2-1-,9-6?. The molecule has 0 saturated carbocycles. The number of nitrogens with zero attached hydrogens (tertiary/aromatic N) is 1. The Hall–Kier alpha value is -1.42. The summed E-state index contributed by atoms with van der Waals surface area (Å²) in [5.41, 5.74) is 0.399. The van der Waals surface area contributed by atoms with E-state index >= 15 is 0 Å². The van der Waals surface area contributed by atoms with Gasteiger partial charge in [0.15, 0.2) is 6.29 Å². The minimum absolute atomic E-state index is 0.0842. The first-order valence-corrected chi connectivity index (χ1v) is 3.52. The summed E-state index contributed by atoms with van der Waals surface area (Å²) in [6, 6.07) is 0. The van der Waals surface area contributed by atoms with Gasteiger partial charge in [-0.25, -0.2) is 4.98 Å². The van der Waals surface area contributed by atoms with E-state index in [1.807, 2.05) is 0 Å². The predicted molar refractivity (Wildman–Crippen MR) is 46.6 cm³/mol. The van der Waals surface area contributed by atoms with Crippen molar-refractivity contribution in [1.29, 1.82) is 5.41 Å². The van der Waals surface area contributed by atoms with E-state index < -0.39 is 0 Å². The van der Waals surface area contributed by atoms with Gasteiger partial charge in [0.25, 0.3) is 0 Å². The molecule has 2 N–H and O–H groups in total. The van der Waals surface area contributed by atoms with E-state index in [-0.39, 0.29) is 5.17 Å². The molecular formula is C7H6ClN3O. The van der Waals surface area contributed by atoms with Gasteiger partial charge in [-0.3, -0.25) is 10.2 Å². The van der Waals surface area contributed by atoms with Crippen LogP contribution in [0.5, 0.6) is 0 Å². The zero-order valence-corrected chi connectivity index (χ0v) is 6.80. The second-order valence-corrected chi connectivity index (χ2v) is 2.43. The molecule has 4 nitrogen and oxygen atoms in total. The lowest BCUT2D eigenvalue weighted by atomic mass is 10.5. The molecular weight excluding hydrogens is 178 g/mol. The van der Waals surface area contributed by atoms with Gasteiger partial charge in [-0.15, -0.1) is 0 Å². The van der Waals surface area contributed by atoms with Gasteiger partial charge in [0, 0.05) is 0 Å². The molecule has 0 aromatic carbocycles. The Balaban J connectivity index is 2.76. The number of hydrogen-bond acceptors (Lipinski definition) is 3. The second-order valence-electron chi connectivity index (χ2n) is 2.02. The number of halogens is 1. The topological polar surface area (TPSA) is 69.6 Å². The fraction of sp³-hybridized carbons (Fsp3) is 0. The highest BCUT2D eigenvalue weighted by Crippen LogP contribution is 1.97. The summed E-state index contributed by atoms with van der Waals surface area (Å²) in [6.45, 7) is 0. The maximum absolute atomic E-state index is 10.2. The molecule has 0 spiro atoms. The van der Waals surface area contributed by atoms with Crippen LogP contribution in [0.2, 0.25) is 0 Å². The molecule has 5 heteroatoms. The van der Waals surface area contributed by atoms with Crippen LogP contribution in [0.1, 0.15) is 16.3 Å². The Labute approximate surface area is 73.8 Å². The van der Waals surface area contributed by atoms with Crippen molar-refractivity contribution in [3.8, 4) is 0 Å². The van der Waals surface area contributed by atoms with E-state index in [2.05, 4.69) is 9.97 Å². The van der Waals surface area contributed by atoms with Crippen LogP contribution >= 0.6 is 11.6 Å². The number of aldehydes is 1. The second kappa shape index (κ2) is 3.82. The predicted octanol–water partition coefficient (Wildman–Crippen LogP) is 1.45. The number of carbonyl (C=O) groups is 1. The van der Waals surface area contributed by atoms with Gasteiger partial charge in [-0.1, -0.05) is 11.6 Å². The number of H-pyrrole nitrogens is 1. The molecule has 12 heavy (non-hydrogen) atoms. The number of hydrogen-bond donors (Lipinski definition) is 2. The van der Waals surface area contributed by atoms with Crippen LogP contribution in [0.4, 0.5) is 0 Å². The summed E-state index contributed by atoms with van der Waals surface area (Å²) in [7, 11) is 0. The third-order valence-electron chi connectivity index (χ3n) is 1.13. The molecule has 0 unspecified atom stereocenters. The number of aromatic amines is 1. The summed E-state index contributed by atoms with van der Waals surface area (Å²) in [6.07, 6.45) is 4.96. The number of imidazole rings is 1. The Bertz CT molecular complexity index is 329. The van der Waals surface area contributed by atoms with Gasteiger partial charge in [0.2, 0.25) is 0 Å². The number of allylic oxidation sites excluding steroid dienone is 1. The Kier molecular flexibility index (Phi) is 2.76. The lowest BCUT2D eigenvalue weighted by Gasteiger charge is -1.81. The van der Waals surface area contributed by atoms with E-state index in [0.29, 0.717) is 17.8 Å². The molecule has 0 aliphatic heterocycles. The lowest BCUT2D eigenvalue weighted by molar-refractivity contribution is 0.111. The van der Waals surface area contributed by atoms with Crippen LogP contribution in [0.25, 0.3) is 6.08 Å². The molecule has 62 valence electrons. The van der Waals surface area contributed by atoms with Crippen molar-refractivity contribution < 1.29 is 4.79 Å². The van der Waals surface area contributed by atoms with Gasteiger partial charge < -0.3 is 4.98 Å². The molecule has 0 aliphatic carbocycles. The van der Waals surface area contributed by atoms with Gasteiger partial charge >= 0.3 is 0 Å². The van der Waals surface area contributed by atoms with Gasteiger partial charge in [-0.05, 0) is 12.2 Å². The number of carbonyl (C=O) groups excluding carboxylic acids is 1. The molecule has 1 rings (SSSR count). The van der Waals surface area contributed by atoms with E-state index in [1.54, 1.807) is 0 Å². The maximum Gasteiger partial charge on any atom is 0.167 e. The highest BCUT2D eigenvalue weighted by Gasteiger charge is 1.94. The minimum atomic E-state index is -0.0842. The summed E-state index contributed by atoms with van der Waals surface area (Å²) >= 11 is 5.25. The van der Waals surface area contributed by atoms with Crippen LogP contribution in [0.15, 0.2) is 12.3 Å². The monoisotopic (exact) mass is 183 g/mol. The quantitative estimate of drug-likeness (QED) is 0.550. The van der Waals surface area contributed by atoms with E-state index in [0.717, 1.165) is 0 Å². The Morgan fingerprint density at radius 3 is 3.00 bits per heavy atom. The fourth-order valence-corrected chi connectivity index (χ4v) is 0.711. The van der Waals surface area contributed by atoms with Gasteiger partial charge in [-0.2, -0.15) is 0 Å². The summed E-state index contributed by atoms with van der Waals surface area (Å²) in [5, 5.41) is 6.78. The van der Waals surface area contributed by atoms with Gasteiger partial charge in [0.05, 0.1) is 11.9 Å². The van der Waals surface area contributed by atoms with Crippen LogP contribution in [-0.2, 0) is 0 Å². The lowest BCUT2D eigenvalue weighted by Crippen LogP contribution is -1.79. The molecule has 0 bridgehead atoms. The van der Waals surface area contributed by atoms with Crippen molar-refractivity contribution >= 4 is 29.1 Å². The largest absolute Gasteiger partial charge is 0.336 e. The molecule has 0 aliphatic rings. The van der Waals surface area contributed by atoms with E-state index in [4.69, 9.17) is 17.0 Å². The van der Waals surface area contributed by atoms with Crippen LogP contribution in [0.3, 0.4) is 0 Å².